The van der Waals surface area contributed by atoms with Crippen LogP contribution in [0.2, 0.25) is 0 Å². The van der Waals surface area contributed by atoms with Crippen LogP contribution >= 0.6 is 0 Å². The molecule has 1 aromatic carbocycles. The Morgan fingerprint density at radius 1 is 1.25 bits per heavy atom. The van der Waals surface area contributed by atoms with E-state index in [9.17, 15) is 0 Å². The third-order valence-electron chi connectivity index (χ3n) is 4.53. The summed E-state index contributed by atoms with van der Waals surface area (Å²) < 4.78 is 4.25. The molecule has 124 valence electrons. The molecule has 1 aromatic heterocycles. The molecule has 3 rings (SSSR count). The van der Waals surface area contributed by atoms with Gasteiger partial charge < -0.3 is 5.32 Å². The number of aliphatic imine (C=N–C) groups is 2. The van der Waals surface area contributed by atoms with Crippen molar-refractivity contribution in [3.05, 3.63) is 47.2 Å². The topological polar surface area (TPSA) is 45.6 Å². The Morgan fingerprint density at radius 2 is 2.04 bits per heavy atom. The van der Waals surface area contributed by atoms with E-state index in [0.717, 1.165) is 12.1 Å². The molecule has 2 aromatic rings. The molecule has 0 saturated heterocycles. The summed E-state index contributed by atoms with van der Waals surface area (Å²) in [6.45, 7) is 4.98. The van der Waals surface area contributed by atoms with Crippen molar-refractivity contribution >= 4 is 18.4 Å². The van der Waals surface area contributed by atoms with Gasteiger partial charge in [0.15, 0.2) is 13.2 Å². The first-order chi connectivity index (χ1) is 11.6. The SMILES string of the molecule is CCc1c(C2=C(C)CN=CN=CN2)cccc1-c1cc[n+](C)n1C. The van der Waals surface area contributed by atoms with Crippen LogP contribution < -0.4 is 10.00 Å². The van der Waals surface area contributed by atoms with Gasteiger partial charge in [-0.2, -0.15) is 4.68 Å². The molecule has 1 aliphatic heterocycles. The number of aryl methyl sites for hydroxylation is 1. The van der Waals surface area contributed by atoms with Gasteiger partial charge in [-0.25, -0.2) is 4.99 Å². The molecule has 2 heterocycles. The van der Waals surface area contributed by atoms with Gasteiger partial charge in [-0.1, -0.05) is 25.1 Å². The van der Waals surface area contributed by atoms with E-state index in [0.29, 0.717) is 6.54 Å². The van der Waals surface area contributed by atoms with E-state index in [-0.39, 0.29) is 0 Å². The minimum Gasteiger partial charge on any atom is -0.346 e. The van der Waals surface area contributed by atoms with Crippen molar-refractivity contribution in [2.75, 3.05) is 6.54 Å². The molecule has 1 N–H and O–H groups in total. The molecule has 0 fully saturated rings. The van der Waals surface area contributed by atoms with Crippen LogP contribution in [0.1, 0.15) is 25.0 Å². The summed E-state index contributed by atoms with van der Waals surface area (Å²) in [7, 11) is 4.14. The molecule has 5 nitrogen and oxygen atoms in total. The van der Waals surface area contributed by atoms with Crippen LogP contribution in [0.4, 0.5) is 0 Å². The van der Waals surface area contributed by atoms with E-state index in [2.05, 4.69) is 83.1 Å². The van der Waals surface area contributed by atoms with Gasteiger partial charge in [0.2, 0.25) is 0 Å². The number of nitrogens with zero attached hydrogens (tertiary/aromatic N) is 4. The second kappa shape index (κ2) is 6.83. The highest BCUT2D eigenvalue weighted by atomic mass is 15.4. The van der Waals surface area contributed by atoms with E-state index >= 15 is 0 Å². The first-order valence-corrected chi connectivity index (χ1v) is 8.24. The molecule has 1 aliphatic rings. The second-order valence-corrected chi connectivity index (χ2v) is 6.02. The summed E-state index contributed by atoms with van der Waals surface area (Å²) in [5.41, 5.74) is 7.35. The third kappa shape index (κ3) is 2.89. The number of rotatable bonds is 3. The Labute approximate surface area is 143 Å². The number of hydrogen-bond acceptors (Lipinski definition) is 3. The largest absolute Gasteiger partial charge is 0.346 e. The quantitative estimate of drug-likeness (QED) is 0.867. The van der Waals surface area contributed by atoms with Gasteiger partial charge >= 0.3 is 0 Å². The molecule has 0 saturated carbocycles. The van der Waals surface area contributed by atoms with Crippen molar-refractivity contribution in [2.24, 2.45) is 24.1 Å². The Bertz CT molecular complexity index is 839. The smallest absolute Gasteiger partial charge is 0.196 e. The molecule has 0 atom stereocenters. The van der Waals surface area contributed by atoms with Gasteiger partial charge in [0, 0.05) is 22.9 Å². The molecule has 0 amide bonds. The molecule has 0 radical (unpaired) electrons. The Kier molecular flexibility index (Phi) is 4.60. The highest BCUT2D eigenvalue weighted by Crippen LogP contribution is 2.30. The summed E-state index contributed by atoms with van der Waals surface area (Å²) in [6.07, 6.45) is 6.34. The van der Waals surface area contributed by atoms with Crippen molar-refractivity contribution in [3.63, 3.8) is 0 Å². The van der Waals surface area contributed by atoms with Crippen molar-refractivity contribution < 1.29 is 4.68 Å². The minimum absolute atomic E-state index is 0.659. The molecule has 5 heteroatoms. The molecule has 0 aliphatic carbocycles. The Hall–Kier alpha value is -2.69. The summed E-state index contributed by atoms with van der Waals surface area (Å²) in [5.74, 6) is 0. The number of benzene rings is 1. The summed E-state index contributed by atoms with van der Waals surface area (Å²) in [5, 5.41) is 3.35. The first kappa shape index (κ1) is 16.2. The number of nitrogens with one attached hydrogen (secondary N) is 1. The van der Waals surface area contributed by atoms with E-state index in [1.165, 1.54) is 28.0 Å². The standard InChI is InChI=1S/C19H24N5/c1-5-15-16(18-9-10-23(3)24(18)4)7-6-8-17(15)19-14(2)11-20-12-21-13-22-19/h6-10,12-13H,5,11H2,1-4H3,(H,20,21,22)/q+1. The fourth-order valence-corrected chi connectivity index (χ4v) is 3.13. The van der Waals surface area contributed by atoms with Crippen LogP contribution in [-0.2, 0) is 20.5 Å². The highest BCUT2D eigenvalue weighted by Gasteiger charge is 2.18. The molecule has 0 spiro atoms. The molecular formula is C19H24N5+. The fourth-order valence-electron chi connectivity index (χ4n) is 3.13. The normalized spacial score (nSPS) is 14.5. The van der Waals surface area contributed by atoms with Crippen molar-refractivity contribution in [3.8, 4) is 11.3 Å². The van der Waals surface area contributed by atoms with Gasteiger partial charge in [-0.05, 0) is 24.5 Å². The lowest BCUT2D eigenvalue weighted by molar-refractivity contribution is -0.750. The van der Waals surface area contributed by atoms with Crippen LogP contribution in [0, 0.1) is 0 Å². The van der Waals surface area contributed by atoms with Gasteiger partial charge in [-0.3, -0.25) is 4.99 Å². The second-order valence-electron chi connectivity index (χ2n) is 6.02. The lowest BCUT2D eigenvalue weighted by Gasteiger charge is -2.18. The zero-order valence-electron chi connectivity index (χ0n) is 14.7. The van der Waals surface area contributed by atoms with Crippen molar-refractivity contribution in [1.29, 1.82) is 0 Å². The summed E-state index contributed by atoms with van der Waals surface area (Å²) in [6, 6.07) is 8.66. The lowest BCUT2D eigenvalue weighted by atomic mass is 9.93. The minimum atomic E-state index is 0.659. The monoisotopic (exact) mass is 322 g/mol. The molecule has 24 heavy (non-hydrogen) atoms. The third-order valence-corrected chi connectivity index (χ3v) is 4.53. The van der Waals surface area contributed by atoms with E-state index in [1.807, 2.05) is 0 Å². The first-order valence-electron chi connectivity index (χ1n) is 8.24. The lowest BCUT2D eigenvalue weighted by Crippen LogP contribution is -2.36. The van der Waals surface area contributed by atoms with Crippen LogP contribution in [0.5, 0.6) is 0 Å². The van der Waals surface area contributed by atoms with Crippen molar-refractivity contribution in [2.45, 2.75) is 20.3 Å². The van der Waals surface area contributed by atoms with Gasteiger partial charge in [0.25, 0.3) is 0 Å². The Morgan fingerprint density at radius 3 is 2.75 bits per heavy atom. The van der Waals surface area contributed by atoms with Crippen molar-refractivity contribution in [1.82, 2.24) is 10.00 Å². The summed E-state index contributed by atoms with van der Waals surface area (Å²) in [4.78, 5) is 8.44. The predicted molar refractivity (Wildman–Crippen MR) is 99.0 cm³/mol. The van der Waals surface area contributed by atoms with Crippen LogP contribution in [-0.4, -0.2) is 23.9 Å². The molecule has 0 bridgehead atoms. The van der Waals surface area contributed by atoms with E-state index in [1.54, 1.807) is 12.7 Å². The zero-order valence-corrected chi connectivity index (χ0v) is 14.7. The maximum Gasteiger partial charge on any atom is 0.196 e. The van der Waals surface area contributed by atoms with Gasteiger partial charge in [-0.15, -0.1) is 4.68 Å². The van der Waals surface area contributed by atoms with Crippen LogP contribution in [0.15, 0.2) is 46.0 Å². The van der Waals surface area contributed by atoms with Crippen LogP contribution in [0.25, 0.3) is 17.0 Å². The number of aromatic nitrogens is 2. The highest BCUT2D eigenvalue weighted by molar-refractivity contribution is 5.85. The van der Waals surface area contributed by atoms with Gasteiger partial charge in [0.05, 0.1) is 19.9 Å². The van der Waals surface area contributed by atoms with E-state index < -0.39 is 0 Å². The molecule has 0 unspecified atom stereocenters. The maximum atomic E-state index is 4.31. The van der Waals surface area contributed by atoms with E-state index in [4.69, 9.17) is 0 Å². The van der Waals surface area contributed by atoms with Gasteiger partial charge in [0.1, 0.15) is 12.0 Å². The predicted octanol–water partition coefficient (Wildman–Crippen LogP) is 2.47. The number of hydrogen-bond donors (Lipinski definition) is 1. The average molecular weight is 322 g/mol. The Balaban J connectivity index is 2.18. The zero-order chi connectivity index (χ0) is 17.1. The fraction of sp³-hybridized carbons (Fsp3) is 0.316. The maximum absolute atomic E-state index is 4.31. The average Bonchev–Trinajstić information content (AvgIpc) is 2.90. The van der Waals surface area contributed by atoms with Crippen LogP contribution in [0.3, 0.4) is 0 Å². The summed E-state index contributed by atoms with van der Waals surface area (Å²) >= 11 is 0. The molecular weight excluding hydrogens is 298 g/mol.